The molecule has 0 aliphatic rings. The second-order valence-corrected chi connectivity index (χ2v) is 3.69. The molecule has 0 aliphatic heterocycles. The molecule has 0 spiro atoms. The fraction of sp³-hybridized carbons (Fsp3) is 0.273. The quantitative estimate of drug-likeness (QED) is 0.792. The molecule has 0 heterocycles. The minimum absolute atomic E-state index is 0.279. The van der Waals surface area contributed by atoms with E-state index in [4.69, 9.17) is 10.00 Å². The van der Waals surface area contributed by atoms with Gasteiger partial charge in [0.05, 0.1) is 12.7 Å². The zero-order chi connectivity index (χ0) is 11.3. The summed E-state index contributed by atoms with van der Waals surface area (Å²) in [6.45, 7) is 1.99. The molecule has 1 rings (SSSR count). The Hall–Kier alpha value is -1.34. The molecule has 0 saturated carbocycles. The molecule has 4 heteroatoms. The van der Waals surface area contributed by atoms with Crippen molar-refractivity contribution in [3.05, 3.63) is 34.3 Å². The predicted molar refractivity (Wildman–Crippen MR) is 59.1 cm³/mol. The Bertz CT molecular complexity index is 398. The van der Waals surface area contributed by atoms with Crippen molar-refractivity contribution in [2.24, 2.45) is 0 Å². The molecule has 0 saturated heterocycles. The van der Waals surface area contributed by atoms with E-state index in [-0.39, 0.29) is 6.61 Å². The third-order valence-electron chi connectivity index (χ3n) is 1.87. The van der Waals surface area contributed by atoms with Crippen LogP contribution >= 0.6 is 15.9 Å². The van der Waals surface area contributed by atoms with Crippen molar-refractivity contribution in [3.8, 4) is 6.07 Å². The Morgan fingerprint density at radius 3 is 2.80 bits per heavy atom. The number of hydrogen-bond donors (Lipinski definition) is 0. The molecule has 1 atom stereocenters. The standard InChI is InChI=1S/C11H10BrNO2/c1-2-15-11(14)9(7-13)8-5-3-4-6-10(8)12/h3-6,9H,2H2,1H3/t9-/m0/s1. The first-order valence-electron chi connectivity index (χ1n) is 4.51. The van der Waals surface area contributed by atoms with Gasteiger partial charge in [0, 0.05) is 4.47 Å². The van der Waals surface area contributed by atoms with Gasteiger partial charge in [-0.15, -0.1) is 0 Å². The highest BCUT2D eigenvalue weighted by Crippen LogP contribution is 2.25. The summed E-state index contributed by atoms with van der Waals surface area (Å²) in [6, 6.07) is 9.07. The summed E-state index contributed by atoms with van der Waals surface area (Å²) in [5, 5.41) is 8.93. The van der Waals surface area contributed by atoms with E-state index in [2.05, 4.69) is 15.9 Å². The molecule has 15 heavy (non-hydrogen) atoms. The van der Waals surface area contributed by atoms with Crippen LogP contribution < -0.4 is 0 Å². The zero-order valence-electron chi connectivity index (χ0n) is 8.24. The van der Waals surface area contributed by atoms with Crippen LogP contribution in [0.2, 0.25) is 0 Å². The SMILES string of the molecule is CCOC(=O)[C@@H](C#N)c1ccccc1Br. The Balaban J connectivity index is 2.99. The molecule has 0 unspecified atom stereocenters. The van der Waals surface area contributed by atoms with E-state index < -0.39 is 11.9 Å². The summed E-state index contributed by atoms with van der Waals surface area (Å²) >= 11 is 3.30. The van der Waals surface area contributed by atoms with Gasteiger partial charge >= 0.3 is 5.97 Å². The van der Waals surface area contributed by atoms with Crippen LogP contribution in [-0.2, 0) is 9.53 Å². The van der Waals surface area contributed by atoms with E-state index in [1.54, 1.807) is 25.1 Å². The van der Waals surface area contributed by atoms with Gasteiger partial charge in [0.1, 0.15) is 0 Å². The van der Waals surface area contributed by atoms with E-state index in [1.807, 2.05) is 12.1 Å². The molecule has 0 bridgehead atoms. The number of nitrogens with zero attached hydrogens (tertiary/aromatic N) is 1. The minimum atomic E-state index is -0.861. The van der Waals surface area contributed by atoms with Gasteiger partial charge in [0.25, 0.3) is 0 Å². The van der Waals surface area contributed by atoms with E-state index in [0.717, 1.165) is 4.47 Å². The maximum atomic E-state index is 11.5. The highest BCUT2D eigenvalue weighted by molar-refractivity contribution is 9.10. The van der Waals surface area contributed by atoms with Crippen LogP contribution in [0.15, 0.2) is 28.7 Å². The van der Waals surface area contributed by atoms with Crippen molar-refractivity contribution in [2.75, 3.05) is 6.61 Å². The molecule has 3 nitrogen and oxygen atoms in total. The van der Waals surface area contributed by atoms with Crippen LogP contribution in [0.3, 0.4) is 0 Å². The smallest absolute Gasteiger partial charge is 0.327 e. The molecule has 0 aliphatic carbocycles. The average Bonchev–Trinajstić information content (AvgIpc) is 2.22. The molecule has 0 aromatic heterocycles. The Morgan fingerprint density at radius 2 is 2.27 bits per heavy atom. The lowest BCUT2D eigenvalue weighted by Crippen LogP contribution is -2.14. The van der Waals surface area contributed by atoms with Crippen LogP contribution in [0.4, 0.5) is 0 Å². The van der Waals surface area contributed by atoms with E-state index in [1.165, 1.54) is 0 Å². The zero-order valence-corrected chi connectivity index (χ0v) is 9.82. The van der Waals surface area contributed by atoms with Crippen molar-refractivity contribution >= 4 is 21.9 Å². The number of ether oxygens (including phenoxy) is 1. The number of benzene rings is 1. The summed E-state index contributed by atoms with van der Waals surface area (Å²) < 4.78 is 5.56. The number of hydrogen-bond acceptors (Lipinski definition) is 3. The van der Waals surface area contributed by atoms with Gasteiger partial charge < -0.3 is 4.74 Å². The maximum absolute atomic E-state index is 11.5. The highest BCUT2D eigenvalue weighted by atomic mass is 79.9. The molecular formula is C11H10BrNO2. The first-order valence-corrected chi connectivity index (χ1v) is 5.30. The molecule has 78 valence electrons. The van der Waals surface area contributed by atoms with Gasteiger partial charge in [0.2, 0.25) is 0 Å². The number of rotatable bonds is 3. The Kier molecular flexibility index (Phi) is 4.32. The second kappa shape index (κ2) is 5.52. The van der Waals surface area contributed by atoms with Crippen LogP contribution in [0.1, 0.15) is 18.4 Å². The average molecular weight is 268 g/mol. The summed E-state index contributed by atoms with van der Waals surface area (Å²) in [5.41, 5.74) is 0.637. The fourth-order valence-electron chi connectivity index (χ4n) is 1.18. The van der Waals surface area contributed by atoms with Crippen molar-refractivity contribution < 1.29 is 9.53 Å². The lowest BCUT2D eigenvalue weighted by molar-refractivity contribution is -0.143. The van der Waals surface area contributed by atoms with Crippen molar-refractivity contribution in [2.45, 2.75) is 12.8 Å². The lowest BCUT2D eigenvalue weighted by atomic mass is 10.0. The fourth-order valence-corrected chi connectivity index (χ4v) is 1.70. The van der Waals surface area contributed by atoms with Crippen LogP contribution in [-0.4, -0.2) is 12.6 Å². The first-order chi connectivity index (χ1) is 7.20. The number of carbonyl (C=O) groups is 1. The topological polar surface area (TPSA) is 50.1 Å². The summed E-state index contributed by atoms with van der Waals surface area (Å²) in [4.78, 5) is 11.5. The lowest BCUT2D eigenvalue weighted by Gasteiger charge is -2.09. The van der Waals surface area contributed by atoms with Gasteiger partial charge in [-0.2, -0.15) is 5.26 Å². The second-order valence-electron chi connectivity index (χ2n) is 2.84. The number of carbonyl (C=O) groups excluding carboxylic acids is 1. The third kappa shape index (κ3) is 2.80. The minimum Gasteiger partial charge on any atom is -0.465 e. The molecule has 1 aromatic rings. The van der Waals surface area contributed by atoms with Crippen molar-refractivity contribution in [3.63, 3.8) is 0 Å². The number of esters is 1. The van der Waals surface area contributed by atoms with Gasteiger partial charge in [-0.1, -0.05) is 34.1 Å². The highest BCUT2D eigenvalue weighted by Gasteiger charge is 2.23. The van der Waals surface area contributed by atoms with Crippen molar-refractivity contribution in [1.29, 1.82) is 5.26 Å². The summed E-state index contributed by atoms with van der Waals surface area (Å²) in [6.07, 6.45) is 0. The van der Waals surface area contributed by atoms with Gasteiger partial charge in [0.15, 0.2) is 5.92 Å². The summed E-state index contributed by atoms with van der Waals surface area (Å²) in [5.74, 6) is -1.37. The maximum Gasteiger partial charge on any atom is 0.327 e. The Morgan fingerprint density at radius 1 is 1.60 bits per heavy atom. The molecule has 0 amide bonds. The normalized spacial score (nSPS) is 11.5. The van der Waals surface area contributed by atoms with Gasteiger partial charge in [-0.05, 0) is 18.6 Å². The van der Waals surface area contributed by atoms with Crippen LogP contribution in [0.25, 0.3) is 0 Å². The largest absolute Gasteiger partial charge is 0.465 e. The monoisotopic (exact) mass is 267 g/mol. The van der Waals surface area contributed by atoms with Crippen LogP contribution in [0, 0.1) is 11.3 Å². The number of nitriles is 1. The van der Waals surface area contributed by atoms with Crippen LogP contribution in [0.5, 0.6) is 0 Å². The Labute approximate surface area is 96.8 Å². The van der Waals surface area contributed by atoms with Gasteiger partial charge in [-0.25, -0.2) is 0 Å². The molecule has 1 aromatic carbocycles. The molecule has 0 radical (unpaired) electrons. The van der Waals surface area contributed by atoms with E-state index in [9.17, 15) is 4.79 Å². The van der Waals surface area contributed by atoms with Crippen molar-refractivity contribution in [1.82, 2.24) is 0 Å². The van der Waals surface area contributed by atoms with E-state index >= 15 is 0 Å². The van der Waals surface area contributed by atoms with E-state index in [0.29, 0.717) is 5.56 Å². The third-order valence-corrected chi connectivity index (χ3v) is 2.59. The molecule has 0 fully saturated rings. The first kappa shape index (κ1) is 11.7. The summed E-state index contributed by atoms with van der Waals surface area (Å²) in [7, 11) is 0. The molecule has 0 N–H and O–H groups in total. The molecular weight excluding hydrogens is 258 g/mol. The number of halogens is 1. The van der Waals surface area contributed by atoms with Gasteiger partial charge in [-0.3, -0.25) is 4.79 Å². The predicted octanol–water partition coefficient (Wildman–Crippen LogP) is 2.62.